The van der Waals surface area contributed by atoms with E-state index in [2.05, 4.69) is 0 Å². The van der Waals surface area contributed by atoms with Gasteiger partial charge in [0.15, 0.2) is 0 Å². The zero-order valence-electron chi connectivity index (χ0n) is 10.3. The van der Waals surface area contributed by atoms with E-state index in [0.717, 1.165) is 0 Å². The molecule has 17 heavy (non-hydrogen) atoms. The van der Waals surface area contributed by atoms with E-state index >= 15 is 0 Å². The van der Waals surface area contributed by atoms with Gasteiger partial charge in [-0.15, -0.1) is 0 Å². The van der Waals surface area contributed by atoms with Crippen LogP contribution in [-0.2, 0) is 10.0 Å². The largest absolute Gasteiger partial charge is 0.497 e. The molecule has 6 heteroatoms. The molecular formula is C11H18N2O3S. The average molecular weight is 258 g/mol. The molecule has 0 amide bonds. The molecule has 0 radical (unpaired) electrons. The maximum Gasteiger partial charge on any atom is 0.243 e. The summed E-state index contributed by atoms with van der Waals surface area (Å²) in [5.41, 5.74) is 6.02. The van der Waals surface area contributed by atoms with E-state index in [1.165, 1.54) is 11.4 Å². The van der Waals surface area contributed by atoms with Crippen molar-refractivity contribution < 1.29 is 13.2 Å². The molecule has 0 aliphatic heterocycles. The van der Waals surface area contributed by atoms with E-state index in [-0.39, 0.29) is 4.90 Å². The van der Waals surface area contributed by atoms with Crippen molar-refractivity contribution in [3.63, 3.8) is 0 Å². The fourth-order valence-corrected chi connectivity index (χ4v) is 2.90. The number of likely N-dealkylation sites (N-methyl/N-ethyl adjacent to an activating group) is 1. The number of benzene rings is 1. The molecule has 2 N–H and O–H groups in total. The first-order chi connectivity index (χ1) is 7.93. The van der Waals surface area contributed by atoms with Gasteiger partial charge in [-0.2, -0.15) is 4.31 Å². The van der Waals surface area contributed by atoms with Crippen LogP contribution in [0.5, 0.6) is 5.75 Å². The first-order valence-corrected chi connectivity index (χ1v) is 6.68. The third-order valence-corrected chi connectivity index (χ3v) is 4.53. The lowest BCUT2D eigenvalue weighted by Crippen LogP contribution is -2.32. The summed E-state index contributed by atoms with van der Waals surface area (Å²) in [6, 6.07) is 4.88. The Morgan fingerprint density at radius 3 is 2.53 bits per heavy atom. The summed E-state index contributed by atoms with van der Waals surface area (Å²) in [7, 11) is -0.394. The Kier molecular flexibility index (Phi) is 4.50. The monoisotopic (exact) mass is 258 g/mol. The number of hydrogen-bond acceptors (Lipinski definition) is 4. The second-order valence-electron chi connectivity index (χ2n) is 3.75. The fraction of sp³-hybridized carbons (Fsp3) is 0.455. The van der Waals surface area contributed by atoms with Crippen molar-refractivity contribution in [2.24, 2.45) is 5.73 Å². The molecule has 0 unspecified atom stereocenters. The molecule has 1 rings (SSSR count). The normalized spacial score (nSPS) is 11.8. The van der Waals surface area contributed by atoms with Crippen LogP contribution in [0.25, 0.3) is 0 Å². The van der Waals surface area contributed by atoms with E-state index in [1.54, 1.807) is 32.2 Å². The summed E-state index contributed by atoms with van der Waals surface area (Å²) >= 11 is 0. The molecule has 1 aromatic carbocycles. The summed E-state index contributed by atoms with van der Waals surface area (Å²) in [6.07, 6.45) is 0. The number of aryl methyl sites for hydroxylation is 1. The van der Waals surface area contributed by atoms with Crippen molar-refractivity contribution in [3.05, 3.63) is 23.8 Å². The summed E-state index contributed by atoms with van der Waals surface area (Å²) in [5, 5.41) is 0. The molecule has 0 bridgehead atoms. The number of ether oxygens (including phenoxy) is 1. The predicted octanol–water partition coefficient (Wildman–Crippen LogP) is 0.583. The highest BCUT2D eigenvalue weighted by molar-refractivity contribution is 7.89. The van der Waals surface area contributed by atoms with Crippen molar-refractivity contribution in [1.82, 2.24) is 4.31 Å². The molecule has 0 saturated heterocycles. The molecule has 0 spiro atoms. The lowest BCUT2D eigenvalue weighted by Gasteiger charge is -2.17. The minimum absolute atomic E-state index is 0.286. The number of nitrogens with zero attached hydrogens (tertiary/aromatic N) is 1. The Labute approximate surface area is 102 Å². The van der Waals surface area contributed by atoms with Gasteiger partial charge in [-0.1, -0.05) is 0 Å². The Bertz CT molecular complexity index is 485. The Morgan fingerprint density at radius 1 is 1.41 bits per heavy atom. The SMILES string of the molecule is COc1ccc(S(=O)(=O)N(C)CCN)c(C)c1. The molecule has 0 atom stereocenters. The smallest absolute Gasteiger partial charge is 0.243 e. The van der Waals surface area contributed by atoms with E-state index in [4.69, 9.17) is 10.5 Å². The zero-order valence-corrected chi connectivity index (χ0v) is 11.1. The van der Waals surface area contributed by atoms with Gasteiger partial charge in [0.2, 0.25) is 10.0 Å². The Morgan fingerprint density at radius 2 is 2.06 bits per heavy atom. The number of nitrogens with two attached hydrogens (primary N) is 1. The molecule has 0 aliphatic rings. The first-order valence-electron chi connectivity index (χ1n) is 5.24. The first kappa shape index (κ1) is 14.0. The van der Waals surface area contributed by atoms with Gasteiger partial charge in [0.05, 0.1) is 12.0 Å². The van der Waals surface area contributed by atoms with Crippen LogP contribution < -0.4 is 10.5 Å². The summed E-state index contributed by atoms with van der Waals surface area (Å²) in [4.78, 5) is 0.286. The minimum atomic E-state index is -3.46. The highest BCUT2D eigenvalue weighted by Gasteiger charge is 2.22. The number of sulfonamides is 1. The quantitative estimate of drug-likeness (QED) is 0.838. The molecule has 0 heterocycles. The van der Waals surface area contributed by atoms with Crippen LogP contribution in [0.4, 0.5) is 0 Å². The lowest BCUT2D eigenvalue weighted by atomic mass is 10.2. The maximum atomic E-state index is 12.2. The summed E-state index contributed by atoms with van der Waals surface area (Å²) < 4.78 is 30.6. The van der Waals surface area contributed by atoms with Gasteiger partial charge in [-0.3, -0.25) is 0 Å². The lowest BCUT2D eigenvalue weighted by molar-refractivity contribution is 0.414. The molecule has 1 aromatic rings. The van der Waals surface area contributed by atoms with Crippen LogP contribution in [0.15, 0.2) is 23.1 Å². The highest BCUT2D eigenvalue weighted by Crippen LogP contribution is 2.23. The van der Waals surface area contributed by atoms with Gasteiger partial charge in [-0.05, 0) is 30.7 Å². The average Bonchev–Trinajstić information content (AvgIpc) is 2.28. The van der Waals surface area contributed by atoms with Crippen LogP contribution in [0.3, 0.4) is 0 Å². The number of methoxy groups -OCH3 is 1. The maximum absolute atomic E-state index is 12.2. The van der Waals surface area contributed by atoms with Crippen molar-refractivity contribution in [2.75, 3.05) is 27.2 Å². The van der Waals surface area contributed by atoms with Crippen molar-refractivity contribution >= 4 is 10.0 Å². The van der Waals surface area contributed by atoms with Gasteiger partial charge >= 0.3 is 0 Å². The standard InChI is InChI=1S/C11H18N2O3S/c1-9-8-10(16-3)4-5-11(9)17(14,15)13(2)7-6-12/h4-5,8H,6-7,12H2,1-3H3. The van der Waals surface area contributed by atoms with Gasteiger partial charge in [0.1, 0.15) is 5.75 Å². The molecule has 0 aliphatic carbocycles. The fourth-order valence-electron chi connectivity index (χ4n) is 1.51. The third kappa shape index (κ3) is 2.96. The third-order valence-electron chi connectivity index (χ3n) is 2.51. The zero-order chi connectivity index (χ0) is 13.1. The summed E-state index contributed by atoms with van der Waals surface area (Å²) in [6.45, 7) is 2.34. The highest BCUT2D eigenvalue weighted by atomic mass is 32.2. The number of rotatable bonds is 5. The van der Waals surface area contributed by atoms with Crippen molar-refractivity contribution in [2.45, 2.75) is 11.8 Å². The second-order valence-corrected chi connectivity index (χ2v) is 5.76. The molecular weight excluding hydrogens is 240 g/mol. The van der Waals surface area contributed by atoms with Crippen molar-refractivity contribution in [1.29, 1.82) is 0 Å². The van der Waals surface area contributed by atoms with Gasteiger partial charge in [-0.25, -0.2) is 8.42 Å². The van der Waals surface area contributed by atoms with Crippen LogP contribution in [0.1, 0.15) is 5.56 Å². The second kappa shape index (κ2) is 5.48. The molecule has 0 aromatic heterocycles. The van der Waals surface area contributed by atoms with Crippen molar-refractivity contribution in [3.8, 4) is 5.75 Å². The predicted molar refractivity (Wildman–Crippen MR) is 66.6 cm³/mol. The Balaban J connectivity index is 3.16. The Hall–Kier alpha value is -1.11. The van der Waals surface area contributed by atoms with Gasteiger partial charge in [0, 0.05) is 20.1 Å². The van der Waals surface area contributed by atoms with E-state index < -0.39 is 10.0 Å². The van der Waals surface area contributed by atoms with Crippen LogP contribution in [0, 0.1) is 6.92 Å². The molecule has 0 fully saturated rings. The van der Waals surface area contributed by atoms with E-state index in [9.17, 15) is 8.42 Å². The van der Waals surface area contributed by atoms with Crippen LogP contribution in [0.2, 0.25) is 0 Å². The van der Waals surface area contributed by atoms with Crippen LogP contribution in [-0.4, -0.2) is 40.0 Å². The molecule has 0 saturated carbocycles. The van der Waals surface area contributed by atoms with Crippen LogP contribution >= 0.6 is 0 Å². The minimum Gasteiger partial charge on any atom is -0.497 e. The van der Waals surface area contributed by atoms with Gasteiger partial charge < -0.3 is 10.5 Å². The van der Waals surface area contributed by atoms with E-state index in [1.807, 2.05) is 0 Å². The molecule has 96 valence electrons. The molecule has 5 nitrogen and oxygen atoms in total. The summed E-state index contributed by atoms with van der Waals surface area (Å²) in [5.74, 6) is 0.642. The van der Waals surface area contributed by atoms with E-state index in [0.29, 0.717) is 24.4 Å². The van der Waals surface area contributed by atoms with Gasteiger partial charge in [0.25, 0.3) is 0 Å². The number of hydrogen-bond donors (Lipinski definition) is 1. The topological polar surface area (TPSA) is 72.6 Å².